The van der Waals surface area contributed by atoms with E-state index in [2.05, 4.69) is 6.92 Å². The molecule has 0 bridgehead atoms. The van der Waals surface area contributed by atoms with Gasteiger partial charge < -0.3 is 13.9 Å². The summed E-state index contributed by atoms with van der Waals surface area (Å²) in [5, 5.41) is 0. The van der Waals surface area contributed by atoms with Crippen LogP contribution >= 0.6 is 0 Å². The maximum Gasteiger partial charge on any atom is 0.374 e. The summed E-state index contributed by atoms with van der Waals surface area (Å²) in [4.78, 5) is 12.1. The fourth-order valence-electron chi connectivity index (χ4n) is 4.48. The van der Waals surface area contributed by atoms with E-state index < -0.39 is 5.97 Å². The van der Waals surface area contributed by atoms with Gasteiger partial charge in [-0.25, -0.2) is 4.79 Å². The minimum Gasteiger partial charge on any atom is -0.465 e. The lowest BCUT2D eigenvalue weighted by Crippen LogP contribution is -2.07. The third kappa shape index (κ3) is 15.0. The molecule has 4 heteroatoms. The molecular weight excluding hydrogens is 448 g/mol. The lowest BCUT2D eigenvalue weighted by molar-refractivity contribution is 0.0465. The zero-order chi connectivity index (χ0) is 25.5. The Bertz CT molecular complexity index is 767. The molecule has 2 rings (SSSR count). The predicted octanol–water partition coefficient (Wildman–Crippen LogP) is 9.71. The van der Waals surface area contributed by atoms with Crippen molar-refractivity contribution in [1.82, 2.24) is 0 Å². The van der Waals surface area contributed by atoms with Gasteiger partial charge in [-0.05, 0) is 18.1 Å². The average Bonchev–Trinajstić information content (AvgIpc) is 3.38. The number of ether oxygens (including phenoxy) is 2. The molecule has 0 spiro atoms. The lowest BCUT2D eigenvalue weighted by atomic mass is 10.0. The van der Waals surface area contributed by atoms with Crippen LogP contribution in [0.3, 0.4) is 0 Å². The zero-order valence-corrected chi connectivity index (χ0v) is 22.8. The van der Waals surface area contributed by atoms with E-state index in [0.717, 1.165) is 12.0 Å². The Labute approximate surface area is 220 Å². The number of rotatable bonds is 23. The smallest absolute Gasteiger partial charge is 0.374 e. The molecule has 0 saturated heterocycles. The molecule has 1 aromatic heterocycles. The van der Waals surface area contributed by atoms with Gasteiger partial charge >= 0.3 is 5.97 Å². The highest BCUT2D eigenvalue weighted by molar-refractivity contribution is 5.86. The lowest BCUT2D eigenvalue weighted by Gasteiger charge is -2.05. The SMILES string of the molecule is CCCCCCCCCCCCCCCCCCCOc1ccc(C(=O)OCCc2ccccc2)o1. The zero-order valence-electron chi connectivity index (χ0n) is 22.8. The Hall–Kier alpha value is -2.23. The normalized spacial score (nSPS) is 11.0. The summed E-state index contributed by atoms with van der Waals surface area (Å²) >= 11 is 0. The Morgan fingerprint density at radius 1 is 0.639 bits per heavy atom. The molecule has 202 valence electrons. The van der Waals surface area contributed by atoms with Gasteiger partial charge in [-0.1, -0.05) is 140 Å². The van der Waals surface area contributed by atoms with Gasteiger partial charge in [0.1, 0.15) is 0 Å². The van der Waals surface area contributed by atoms with Crippen molar-refractivity contribution < 1.29 is 18.7 Å². The quantitative estimate of drug-likeness (QED) is 0.113. The monoisotopic (exact) mass is 498 g/mol. The summed E-state index contributed by atoms with van der Waals surface area (Å²) in [6.45, 7) is 3.24. The van der Waals surface area contributed by atoms with Crippen LogP contribution in [0.15, 0.2) is 46.9 Å². The van der Waals surface area contributed by atoms with Crippen molar-refractivity contribution in [3.63, 3.8) is 0 Å². The molecule has 0 amide bonds. The Morgan fingerprint density at radius 3 is 1.72 bits per heavy atom. The highest BCUT2D eigenvalue weighted by atomic mass is 16.6. The number of hydrogen-bond donors (Lipinski definition) is 0. The number of hydrogen-bond acceptors (Lipinski definition) is 4. The van der Waals surface area contributed by atoms with Crippen molar-refractivity contribution >= 4 is 5.97 Å². The van der Waals surface area contributed by atoms with Crippen LogP contribution in [-0.2, 0) is 11.2 Å². The van der Waals surface area contributed by atoms with Crippen LogP contribution in [0.25, 0.3) is 0 Å². The highest BCUT2D eigenvalue weighted by Gasteiger charge is 2.13. The van der Waals surface area contributed by atoms with Crippen molar-refractivity contribution in [3.05, 3.63) is 53.8 Å². The van der Waals surface area contributed by atoms with E-state index in [0.29, 0.717) is 25.6 Å². The third-order valence-corrected chi connectivity index (χ3v) is 6.74. The second-order valence-electron chi connectivity index (χ2n) is 10.00. The predicted molar refractivity (Wildman–Crippen MR) is 149 cm³/mol. The summed E-state index contributed by atoms with van der Waals surface area (Å²) in [7, 11) is 0. The third-order valence-electron chi connectivity index (χ3n) is 6.74. The standard InChI is InChI=1S/C32H50O4/c1-2-3-4-5-6-7-8-9-10-11-12-13-14-15-16-17-21-27-34-31-25-24-30(36-31)32(33)35-28-26-29-22-19-18-20-23-29/h18-20,22-25H,2-17,21,26-28H2,1H3. The van der Waals surface area contributed by atoms with Crippen molar-refractivity contribution in [1.29, 1.82) is 0 Å². The molecule has 0 fully saturated rings. The second-order valence-corrected chi connectivity index (χ2v) is 10.00. The molecule has 4 nitrogen and oxygen atoms in total. The molecular formula is C32H50O4. The molecule has 0 aliphatic carbocycles. The topological polar surface area (TPSA) is 48.7 Å². The number of esters is 1. The first kappa shape index (κ1) is 30.0. The largest absolute Gasteiger partial charge is 0.465 e. The average molecular weight is 499 g/mol. The fraction of sp³-hybridized carbons (Fsp3) is 0.656. The van der Waals surface area contributed by atoms with Gasteiger partial charge in [0.2, 0.25) is 5.76 Å². The van der Waals surface area contributed by atoms with Crippen LogP contribution in [0, 0.1) is 0 Å². The van der Waals surface area contributed by atoms with Crippen LogP contribution < -0.4 is 4.74 Å². The van der Waals surface area contributed by atoms with E-state index in [1.807, 2.05) is 30.3 Å². The van der Waals surface area contributed by atoms with E-state index in [-0.39, 0.29) is 5.76 Å². The number of carbonyl (C=O) groups is 1. The minimum atomic E-state index is -0.446. The molecule has 1 heterocycles. The summed E-state index contributed by atoms with van der Waals surface area (Å²) in [6.07, 6.45) is 23.8. The Balaban J connectivity index is 1.35. The van der Waals surface area contributed by atoms with Gasteiger partial charge in [-0.2, -0.15) is 0 Å². The molecule has 1 aromatic carbocycles. The molecule has 0 aliphatic rings. The van der Waals surface area contributed by atoms with Crippen LogP contribution in [0.4, 0.5) is 0 Å². The van der Waals surface area contributed by atoms with Crippen molar-refractivity contribution in [2.45, 2.75) is 122 Å². The van der Waals surface area contributed by atoms with E-state index >= 15 is 0 Å². The summed E-state index contributed by atoms with van der Waals surface area (Å²) in [5.74, 6) is 0.139. The molecule has 36 heavy (non-hydrogen) atoms. The highest BCUT2D eigenvalue weighted by Crippen LogP contribution is 2.18. The van der Waals surface area contributed by atoms with Crippen molar-refractivity contribution in [2.24, 2.45) is 0 Å². The van der Waals surface area contributed by atoms with Gasteiger partial charge in [-0.3, -0.25) is 0 Å². The first-order chi connectivity index (χ1) is 17.8. The second kappa shape index (κ2) is 20.9. The van der Waals surface area contributed by atoms with Gasteiger partial charge in [0.15, 0.2) is 0 Å². The number of furan rings is 1. The Morgan fingerprint density at radius 2 is 1.17 bits per heavy atom. The van der Waals surface area contributed by atoms with Crippen LogP contribution in [0.5, 0.6) is 5.95 Å². The van der Waals surface area contributed by atoms with E-state index in [9.17, 15) is 4.79 Å². The molecule has 0 unspecified atom stereocenters. The van der Waals surface area contributed by atoms with Gasteiger partial charge in [-0.15, -0.1) is 0 Å². The van der Waals surface area contributed by atoms with E-state index in [4.69, 9.17) is 13.9 Å². The summed E-state index contributed by atoms with van der Waals surface area (Å²) in [6, 6.07) is 13.3. The number of carbonyl (C=O) groups excluding carboxylic acids is 1. The fourth-order valence-corrected chi connectivity index (χ4v) is 4.48. The molecule has 0 saturated carbocycles. The van der Waals surface area contributed by atoms with Crippen molar-refractivity contribution in [2.75, 3.05) is 13.2 Å². The summed E-state index contributed by atoms with van der Waals surface area (Å²) < 4.78 is 16.4. The molecule has 0 N–H and O–H groups in total. The first-order valence-corrected chi connectivity index (χ1v) is 14.7. The molecule has 0 radical (unpaired) electrons. The maximum absolute atomic E-state index is 12.1. The summed E-state index contributed by atoms with van der Waals surface area (Å²) in [5.41, 5.74) is 1.14. The molecule has 2 aromatic rings. The van der Waals surface area contributed by atoms with Gasteiger partial charge in [0.25, 0.3) is 5.95 Å². The molecule has 0 atom stereocenters. The van der Waals surface area contributed by atoms with Crippen LogP contribution in [0.2, 0.25) is 0 Å². The van der Waals surface area contributed by atoms with Crippen molar-refractivity contribution in [3.8, 4) is 5.95 Å². The number of benzene rings is 1. The first-order valence-electron chi connectivity index (χ1n) is 14.7. The van der Waals surface area contributed by atoms with E-state index in [1.165, 1.54) is 103 Å². The van der Waals surface area contributed by atoms with Crippen LogP contribution in [-0.4, -0.2) is 19.2 Å². The minimum absolute atomic E-state index is 0.195. The maximum atomic E-state index is 12.1. The van der Waals surface area contributed by atoms with Gasteiger partial charge in [0.05, 0.1) is 13.2 Å². The Kier molecular flexibility index (Phi) is 17.4. The van der Waals surface area contributed by atoms with Crippen LogP contribution in [0.1, 0.15) is 132 Å². The van der Waals surface area contributed by atoms with Gasteiger partial charge in [0, 0.05) is 12.5 Å². The molecule has 0 aliphatic heterocycles. The number of unbranched alkanes of at least 4 members (excludes halogenated alkanes) is 16. The van der Waals surface area contributed by atoms with E-state index in [1.54, 1.807) is 12.1 Å².